The molecule has 0 bridgehead atoms. The molecule has 1 aliphatic rings. The summed E-state index contributed by atoms with van der Waals surface area (Å²) in [5.74, 6) is -0.986. The van der Waals surface area contributed by atoms with E-state index in [1.165, 1.54) is 0 Å². The fourth-order valence-corrected chi connectivity index (χ4v) is 1.90. The third kappa shape index (κ3) is 4.07. The van der Waals surface area contributed by atoms with Gasteiger partial charge in [0.1, 0.15) is 0 Å². The second kappa shape index (κ2) is 6.24. The number of carboxylic acid groups (broad SMARTS) is 1. The lowest BCUT2D eigenvalue weighted by Crippen LogP contribution is -2.28. The quantitative estimate of drug-likeness (QED) is 0.509. The number of hydrogen-bond donors (Lipinski definition) is 2. The van der Waals surface area contributed by atoms with Gasteiger partial charge in [-0.3, -0.25) is 14.7 Å². The summed E-state index contributed by atoms with van der Waals surface area (Å²) in [5.41, 5.74) is 6.54. The summed E-state index contributed by atoms with van der Waals surface area (Å²) in [6, 6.07) is 0. The Morgan fingerprint density at radius 1 is 1.76 bits per heavy atom. The van der Waals surface area contributed by atoms with Gasteiger partial charge in [0.25, 0.3) is 0 Å². The Labute approximate surface area is 101 Å². The highest BCUT2D eigenvalue weighted by Gasteiger charge is 2.27. The number of likely N-dealkylation sites (tertiary alicyclic amines) is 1. The molecule has 1 aliphatic heterocycles. The molecule has 1 rings (SSSR count). The summed E-state index contributed by atoms with van der Waals surface area (Å²) in [4.78, 5) is 12.8. The average molecular weight is 240 g/mol. The van der Waals surface area contributed by atoms with E-state index in [2.05, 4.69) is 11.8 Å². The van der Waals surface area contributed by atoms with Gasteiger partial charge in [-0.2, -0.15) is 5.10 Å². The van der Waals surface area contributed by atoms with E-state index < -0.39 is 5.97 Å². The first-order valence-electron chi connectivity index (χ1n) is 5.71. The highest BCUT2D eigenvalue weighted by atomic mass is 16.4. The SMILES string of the molecule is C=NN(/C=C(\N)CN1CC[C@H](C(=O)O)C1)CC. The lowest BCUT2D eigenvalue weighted by molar-refractivity contribution is -0.141. The van der Waals surface area contributed by atoms with Gasteiger partial charge in [-0.05, 0) is 19.9 Å². The molecular formula is C11H20N4O2. The third-order valence-corrected chi connectivity index (χ3v) is 2.85. The van der Waals surface area contributed by atoms with Crippen molar-refractivity contribution in [2.45, 2.75) is 13.3 Å². The van der Waals surface area contributed by atoms with E-state index in [1.54, 1.807) is 11.2 Å². The molecule has 0 saturated carbocycles. The Bertz CT molecular complexity index is 317. The molecule has 1 saturated heterocycles. The molecule has 0 aliphatic carbocycles. The second-order valence-electron chi connectivity index (χ2n) is 4.16. The van der Waals surface area contributed by atoms with Crippen molar-refractivity contribution in [3.8, 4) is 0 Å². The van der Waals surface area contributed by atoms with Crippen molar-refractivity contribution in [1.82, 2.24) is 9.91 Å². The summed E-state index contributed by atoms with van der Waals surface area (Å²) in [6.45, 7) is 8.02. The van der Waals surface area contributed by atoms with Crippen LogP contribution in [0, 0.1) is 5.92 Å². The number of hydrogen-bond acceptors (Lipinski definition) is 5. The van der Waals surface area contributed by atoms with Gasteiger partial charge in [0.2, 0.25) is 0 Å². The minimum absolute atomic E-state index is 0.261. The minimum atomic E-state index is -0.724. The van der Waals surface area contributed by atoms with Crippen LogP contribution in [-0.4, -0.2) is 53.9 Å². The molecule has 0 aromatic carbocycles. The van der Waals surface area contributed by atoms with Gasteiger partial charge in [0.15, 0.2) is 0 Å². The van der Waals surface area contributed by atoms with Crippen LogP contribution < -0.4 is 5.73 Å². The van der Waals surface area contributed by atoms with Crippen LogP contribution in [0.4, 0.5) is 0 Å². The monoisotopic (exact) mass is 240 g/mol. The Balaban J connectivity index is 2.45. The highest BCUT2D eigenvalue weighted by molar-refractivity contribution is 5.70. The van der Waals surface area contributed by atoms with Gasteiger partial charge in [0, 0.05) is 38.2 Å². The third-order valence-electron chi connectivity index (χ3n) is 2.85. The predicted octanol–water partition coefficient (Wildman–Crippen LogP) is 0.131. The van der Waals surface area contributed by atoms with E-state index >= 15 is 0 Å². The second-order valence-corrected chi connectivity index (χ2v) is 4.16. The first kappa shape index (κ1) is 13.5. The molecule has 0 amide bonds. The Morgan fingerprint density at radius 2 is 2.47 bits per heavy atom. The topological polar surface area (TPSA) is 82.2 Å². The Morgan fingerprint density at radius 3 is 2.94 bits per heavy atom. The van der Waals surface area contributed by atoms with E-state index in [0.29, 0.717) is 31.8 Å². The molecule has 0 spiro atoms. The van der Waals surface area contributed by atoms with E-state index in [0.717, 1.165) is 6.54 Å². The normalized spacial score (nSPS) is 21.5. The van der Waals surface area contributed by atoms with E-state index in [9.17, 15) is 4.79 Å². The molecular weight excluding hydrogens is 220 g/mol. The summed E-state index contributed by atoms with van der Waals surface area (Å²) >= 11 is 0. The number of hydrazone groups is 1. The molecule has 1 heterocycles. The van der Waals surface area contributed by atoms with Gasteiger partial charge >= 0.3 is 5.97 Å². The summed E-state index contributed by atoms with van der Waals surface area (Å²) in [6.07, 6.45) is 2.43. The maximum absolute atomic E-state index is 10.8. The van der Waals surface area contributed by atoms with Crippen LogP contribution in [0.5, 0.6) is 0 Å². The lowest BCUT2D eigenvalue weighted by Gasteiger charge is -2.17. The van der Waals surface area contributed by atoms with E-state index in [1.807, 2.05) is 11.8 Å². The molecule has 0 unspecified atom stereocenters. The standard InChI is InChI=1S/C11H20N4O2/c1-3-15(13-2)8-10(12)7-14-5-4-9(6-14)11(16)17/h8-9H,2-7,12H2,1H3,(H,16,17)/b10-8-/t9-/m0/s1. The minimum Gasteiger partial charge on any atom is -0.481 e. The first-order valence-corrected chi connectivity index (χ1v) is 5.71. The molecule has 0 aromatic heterocycles. The zero-order valence-electron chi connectivity index (χ0n) is 10.2. The zero-order valence-corrected chi connectivity index (χ0v) is 10.2. The lowest BCUT2D eigenvalue weighted by atomic mass is 10.1. The van der Waals surface area contributed by atoms with Crippen molar-refractivity contribution < 1.29 is 9.90 Å². The van der Waals surface area contributed by atoms with Gasteiger partial charge in [0.05, 0.1) is 5.92 Å². The van der Waals surface area contributed by atoms with Crippen LogP contribution >= 0.6 is 0 Å². The van der Waals surface area contributed by atoms with Crippen LogP contribution in [0.1, 0.15) is 13.3 Å². The van der Waals surface area contributed by atoms with Gasteiger partial charge < -0.3 is 10.8 Å². The average Bonchev–Trinajstić information content (AvgIpc) is 2.74. The molecule has 3 N–H and O–H groups in total. The number of carbonyl (C=O) groups is 1. The van der Waals surface area contributed by atoms with Crippen LogP contribution in [0.15, 0.2) is 17.0 Å². The van der Waals surface area contributed by atoms with E-state index in [-0.39, 0.29) is 5.92 Å². The maximum Gasteiger partial charge on any atom is 0.307 e. The van der Waals surface area contributed by atoms with Gasteiger partial charge in [-0.15, -0.1) is 0 Å². The number of aliphatic carboxylic acids is 1. The van der Waals surface area contributed by atoms with Crippen LogP contribution in [0.3, 0.4) is 0 Å². The van der Waals surface area contributed by atoms with Crippen LogP contribution in [0.25, 0.3) is 0 Å². The maximum atomic E-state index is 10.8. The molecule has 17 heavy (non-hydrogen) atoms. The highest BCUT2D eigenvalue weighted by Crippen LogP contribution is 2.16. The Hall–Kier alpha value is -1.56. The number of nitrogens with zero attached hydrogens (tertiary/aromatic N) is 3. The number of rotatable bonds is 6. The fraction of sp³-hybridized carbons (Fsp3) is 0.636. The van der Waals surface area contributed by atoms with Crippen molar-refractivity contribution in [3.63, 3.8) is 0 Å². The molecule has 0 radical (unpaired) electrons. The Kier molecular flexibility index (Phi) is 4.96. The number of nitrogens with two attached hydrogens (primary N) is 1. The first-order chi connectivity index (χ1) is 8.06. The van der Waals surface area contributed by atoms with Crippen molar-refractivity contribution in [3.05, 3.63) is 11.9 Å². The van der Waals surface area contributed by atoms with Crippen molar-refractivity contribution in [2.24, 2.45) is 16.8 Å². The summed E-state index contributed by atoms with van der Waals surface area (Å²) in [7, 11) is 0. The van der Waals surface area contributed by atoms with Crippen molar-refractivity contribution in [1.29, 1.82) is 0 Å². The molecule has 0 aromatic rings. The molecule has 1 atom stereocenters. The van der Waals surface area contributed by atoms with Crippen LogP contribution in [0.2, 0.25) is 0 Å². The largest absolute Gasteiger partial charge is 0.481 e. The van der Waals surface area contributed by atoms with Crippen LogP contribution in [-0.2, 0) is 4.79 Å². The van der Waals surface area contributed by atoms with Gasteiger partial charge in [-0.25, -0.2) is 0 Å². The summed E-state index contributed by atoms with van der Waals surface area (Å²) < 4.78 is 0. The zero-order chi connectivity index (χ0) is 12.8. The predicted molar refractivity (Wildman–Crippen MR) is 66.4 cm³/mol. The molecule has 96 valence electrons. The summed E-state index contributed by atoms with van der Waals surface area (Å²) in [5, 5.41) is 14.3. The number of carboxylic acids is 1. The van der Waals surface area contributed by atoms with Gasteiger partial charge in [-0.1, -0.05) is 0 Å². The van der Waals surface area contributed by atoms with E-state index in [4.69, 9.17) is 10.8 Å². The van der Waals surface area contributed by atoms with Crippen molar-refractivity contribution >= 4 is 12.7 Å². The fourth-order valence-electron chi connectivity index (χ4n) is 1.90. The molecule has 1 fully saturated rings. The van der Waals surface area contributed by atoms with Crippen molar-refractivity contribution in [2.75, 3.05) is 26.2 Å². The molecule has 6 heteroatoms. The molecule has 6 nitrogen and oxygen atoms in total. The smallest absolute Gasteiger partial charge is 0.307 e.